The monoisotopic (exact) mass is 434 g/mol. The molecule has 1 aromatic rings. The van der Waals surface area contributed by atoms with Gasteiger partial charge in [-0.1, -0.05) is 6.07 Å². The van der Waals surface area contributed by atoms with Gasteiger partial charge in [-0.15, -0.1) is 12.4 Å². The molecule has 2 N–H and O–H groups in total. The summed E-state index contributed by atoms with van der Waals surface area (Å²) in [4.78, 5) is 41.0. The number of hydrogen-bond acceptors (Lipinski definition) is 4. The predicted octanol–water partition coefficient (Wildman–Crippen LogP) is 1.96. The molecule has 30 heavy (non-hydrogen) atoms. The number of benzene rings is 1. The Hall–Kier alpha value is -2.12. The Kier molecular flexibility index (Phi) is 7.72. The normalized spacial score (nSPS) is 23.9. The van der Waals surface area contributed by atoms with Crippen LogP contribution in [-0.2, 0) is 9.59 Å². The molecule has 2 unspecified atom stereocenters. The topological polar surface area (TPSA) is 81.8 Å². The zero-order valence-electron chi connectivity index (χ0n) is 17.3. The number of carbonyl (C=O) groups is 3. The van der Waals surface area contributed by atoms with Gasteiger partial charge in [0.2, 0.25) is 11.8 Å². The van der Waals surface area contributed by atoms with Gasteiger partial charge in [-0.05, 0) is 62.8 Å². The van der Waals surface area contributed by atoms with Crippen LogP contribution in [0.25, 0.3) is 0 Å². The molecule has 1 aromatic carbocycles. The molecule has 4 rings (SSSR count). The minimum absolute atomic E-state index is 0. The van der Waals surface area contributed by atoms with Gasteiger partial charge in [-0.2, -0.15) is 0 Å². The van der Waals surface area contributed by atoms with Crippen molar-refractivity contribution in [2.75, 3.05) is 37.6 Å². The Morgan fingerprint density at radius 3 is 2.73 bits per heavy atom. The van der Waals surface area contributed by atoms with Crippen molar-refractivity contribution >= 4 is 35.8 Å². The lowest BCUT2D eigenvalue weighted by atomic mass is 9.97. The molecular weight excluding hydrogens is 404 g/mol. The van der Waals surface area contributed by atoms with Crippen molar-refractivity contribution in [3.63, 3.8) is 0 Å². The second-order valence-electron chi connectivity index (χ2n) is 8.35. The maximum absolute atomic E-state index is 13.1. The Labute approximate surface area is 184 Å². The van der Waals surface area contributed by atoms with Gasteiger partial charge < -0.3 is 20.4 Å². The van der Waals surface area contributed by atoms with E-state index in [2.05, 4.69) is 10.6 Å². The van der Waals surface area contributed by atoms with Crippen LogP contribution in [0.3, 0.4) is 0 Å². The molecule has 2 atom stereocenters. The summed E-state index contributed by atoms with van der Waals surface area (Å²) in [6.07, 6.45) is 5.35. The highest BCUT2D eigenvalue weighted by Crippen LogP contribution is 2.24. The first-order chi connectivity index (χ1) is 14.1. The maximum atomic E-state index is 13.1. The number of likely N-dealkylation sites (tertiary alicyclic amines) is 1. The first kappa shape index (κ1) is 22.6. The second-order valence-corrected chi connectivity index (χ2v) is 8.35. The number of amides is 3. The van der Waals surface area contributed by atoms with Crippen molar-refractivity contribution in [2.24, 2.45) is 5.92 Å². The largest absolute Gasteiger partial charge is 0.354 e. The minimum Gasteiger partial charge on any atom is -0.354 e. The SMILES string of the molecule is Cl.O=C(NCC1CCCN(C(=O)c2cccc(N3CCCC3=O)c2)C1)C1CCCN1. The number of carbonyl (C=O) groups excluding carboxylic acids is 3. The third kappa shape index (κ3) is 5.13. The molecule has 7 nitrogen and oxygen atoms in total. The summed E-state index contributed by atoms with van der Waals surface area (Å²) in [5.74, 6) is 0.488. The molecule has 8 heteroatoms. The zero-order chi connectivity index (χ0) is 20.2. The summed E-state index contributed by atoms with van der Waals surface area (Å²) in [5.41, 5.74) is 1.44. The van der Waals surface area contributed by atoms with Gasteiger partial charge in [0.25, 0.3) is 5.91 Å². The number of nitrogens with zero attached hydrogens (tertiary/aromatic N) is 2. The first-order valence-corrected chi connectivity index (χ1v) is 10.8. The highest BCUT2D eigenvalue weighted by molar-refractivity contribution is 5.99. The third-order valence-corrected chi connectivity index (χ3v) is 6.23. The lowest BCUT2D eigenvalue weighted by Gasteiger charge is -2.33. The lowest BCUT2D eigenvalue weighted by molar-refractivity contribution is -0.123. The van der Waals surface area contributed by atoms with Crippen molar-refractivity contribution in [1.82, 2.24) is 15.5 Å². The van der Waals surface area contributed by atoms with Crippen LogP contribution in [0.2, 0.25) is 0 Å². The van der Waals surface area contributed by atoms with Crippen LogP contribution in [0.5, 0.6) is 0 Å². The summed E-state index contributed by atoms with van der Waals surface area (Å²) in [5, 5.41) is 6.28. The van der Waals surface area contributed by atoms with Crippen LogP contribution in [-0.4, -0.2) is 61.4 Å². The summed E-state index contributed by atoms with van der Waals surface area (Å²) in [6.45, 7) is 3.64. The Balaban J connectivity index is 0.00000256. The number of rotatable bonds is 5. The molecule has 3 amide bonds. The molecule has 0 aromatic heterocycles. The van der Waals surface area contributed by atoms with Gasteiger partial charge in [0.1, 0.15) is 0 Å². The van der Waals surface area contributed by atoms with E-state index in [9.17, 15) is 14.4 Å². The quantitative estimate of drug-likeness (QED) is 0.742. The number of anilines is 1. The van der Waals surface area contributed by atoms with Gasteiger partial charge in [0, 0.05) is 43.9 Å². The van der Waals surface area contributed by atoms with Crippen LogP contribution in [0, 0.1) is 5.92 Å². The second kappa shape index (κ2) is 10.3. The number of piperidine rings is 1. The van der Waals surface area contributed by atoms with Crippen molar-refractivity contribution in [1.29, 1.82) is 0 Å². The smallest absolute Gasteiger partial charge is 0.253 e. The van der Waals surface area contributed by atoms with Gasteiger partial charge in [0.15, 0.2) is 0 Å². The van der Waals surface area contributed by atoms with Crippen LogP contribution < -0.4 is 15.5 Å². The Morgan fingerprint density at radius 1 is 1.13 bits per heavy atom. The Morgan fingerprint density at radius 2 is 2.00 bits per heavy atom. The molecule has 3 fully saturated rings. The van der Waals surface area contributed by atoms with E-state index >= 15 is 0 Å². The van der Waals surface area contributed by atoms with Crippen molar-refractivity contribution in [3.05, 3.63) is 29.8 Å². The fourth-order valence-corrected chi connectivity index (χ4v) is 4.60. The van der Waals surface area contributed by atoms with E-state index in [1.807, 2.05) is 29.2 Å². The summed E-state index contributed by atoms with van der Waals surface area (Å²) in [6, 6.07) is 7.34. The van der Waals surface area contributed by atoms with Crippen LogP contribution in [0.15, 0.2) is 24.3 Å². The van der Waals surface area contributed by atoms with Crippen molar-refractivity contribution in [3.8, 4) is 0 Å². The molecule has 0 saturated carbocycles. The van der Waals surface area contributed by atoms with E-state index in [1.54, 1.807) is 4.90 Å². The number of hydrogen-bond donors (Lipinski definition) is 2. The van der Waals surface area contributed by atoms with Crippen LogP contribution in [0.1, 0.15) is 48.9 Å². The first-order valence-electron chi connectivity index (χ1n) is 10.8. The fraction of sp³-hybridized carbons (Fsp3) is 0.591. The van der Waals surface area contributed by atoms with Crippen molar-refractivity contribution < 1.29 is 14.4 Å². The molecule has 3 aliphatic heterocycles. The summed E-state index contributed by atoms with van der Waals surface area (Å²) >= 11 is 0. The third-order valence-electron chi connectivity index (χ3n) is 6.23. The average Bonchev–Trinajstić information content (AvgIpc) is 3.44. The number of halogens is 1. The summed E-state index contributed by atoms with van der Waals surface area (Å²) < 4.78 is 0. The molecule has 0 spiro atoms. The summed E-state index contributed by atoms with van der Waals surface area (Å²) in [7, 11) is 0. The van der Waals surface area contributed by atoms with Gasteiger partial charge in [0.05, 0.1) is 6.04 Å². The minimum atomic E-state index is -0.0626. The van der Waals surface area contributed by atoms with E-state index < -0.39 is 0 Å². The molecule has 3 heterocycles. The van der Waals surface area contributed by atoms with E-state index in [1.165, 1.54) is 0 Å². The zero-order valence-corrected chi connectivity index (χ0v) is 18.1. The Bertz CT molecular complexity index is 781. The van der Waals surface area contributed by atoms with E-state index in [-0.39, 0.29) is 42.1 Å². The predicted molar refractivity (Wildman–Crippen MR) is 118 cm³/mol. The highest BCUT2D eigenvalue weighted by atomic mass is 35.5. The molecule has 164 valence electrons. The lowest BCUT2D eigenvalue weighted by Crippen LogP contribution is -2.46. The van der Waals surface area contributed by atoms with Gasteiger partial charge in [-0.3, -0.25) is 14.4 Å². The molecule has 0 aliphatic carbocycles. The fourth-order valence-electron chi connectivity index (χ4n) is 4.60. The molecule has 0 radical (unpaired) electrons. The highest BCUT2D eigenvalue weighted by Gasteiger charge is 2.28. The molecule has 3 aliphatic rings. The van der Waals surface area contributed by atoms with Crippen molar-refractivity contribution in [2.45, 2.75) is 44.6 Å². The molecular formula is C22H31ClN4O3. The molecule has 0 bridgehead atoms. The maximum Gasteiger partial charge on any atom is 0.253 e. The van der Waals surface area contributed by atoms with Crippen LogP contribution >= 0.6 is 12.4 Å². The average molecular weight is 435 g/mol. The van der Waals surface area contributed by atoms with Crippen LogP contribution in [0.4, 0.5) is 5.69 Å². The van der Waals surface area contributed by atoms with Gasteiger partial charge >= 0.3 is 0 Å². The standard InChI is InChI=1S/C22H30N4O3.ClH/c27-20-9-4-12-26(20)18-7-1-6-17(13-18)22(29)25-11-3-5-16(15-25)14-24-21(28)19-8-2-10-23-19;/h1,6-7,13,16,19,23H,2-5,8-12,14-15H2,(H,24,28);1H. The van der Waals surface area contributed by atoms with E-state index in [0.717, 1.165) is 57.4 Å². The van der Waals surface area contributed by atoms with Gasteiger partial charge in [-0.25, -0.2) is 0 Å². The number of nitrogens with one attached hydrogen (secondary N) is 2. The van der Waals surface area contributed by atoms with E-state index in [0.29, 0.717) is 25.1 Å². The van der Waals surface area contributed by atoms with E-state index in [4.69, 9.17) is 0 Å². The molecule has 3 saturated heterocycles.